The van der Waals surface area contributed by atoms with Gasteiger partial charge in [-0.25, -0.2) is 9.97 Å². The first kappa shape index (κ1) is 13.4. The van der Waals surface area contributed by atoms with Crippen LogP contribution in [0.3, 0.4) is 0 Å². The summed E-state index contributed by atoms with van der Waals surface area (Å²) in [6.45, 7) is 5.85. The van der Waals surface area contributed by atoms with Crippen molar-refractivity contribution >= 4 is 11.7 Å². The highest BCUT2D eigenvalue weighted by atomic mass is 16.2. The average Bonchev–Trinajstić information content (AvgIpc) is 3.29. The van der Waals surface area contributed by atoms with Crippen LogP contribution in [0.2, 0.25) is 0 Å². The first-order chi connectivity index (χ1) is 10.5. The van der Waals surface area contributed by atoms with E-state index in [1.807, 2.05) is 44.0 Å². The Kier molecular flexibility index (Phi) is 2.64. The van der Waals surface area contributed by atoms with Crippen LogP contribution in [0.4, 0.5) is 5.82 Å². The Labute approximate surface area is 129 Å². The Bertz CT molecular complexity index is 780. The predicted octanol–water partition coefficient (Wildman–Crippen LogP) is 2.63. The van der Waals surface area contributed by atoms with Crippen LogP contribution in [0, 0.1) is 6.92 Å². The van der Waals surface area contributed by atoms with Gasteiger partial charge in [0.2, 0.25) is 5.91 Å². The minimum absolute atomic E-state index is 0.141. The third kappa shape index (κ3) is 1.85. The number of carbonyl (C=O) groups excluding carboxylic acids is 1. The topological polar surface area (TPSA) is 59.0 Å². The number of amides is 1. The first-order valence-electron chi connectivity index (χ1n) is 7.62. The molecule has 112 valence electrons. The van der Waals surface area contributed by atoms with Gasteiger partial charge >= 0.3 is 0 Å². The van der Waals surface area contributed by atoms with Crippen molar-refractivity contribution in [3.8, 4) is 11.4 Å². The van der Waals surface area contributed by atoms with E-state index in [-0.39, 0.29) is 5.91 Å². The van der Waals surface area contributed by atoms with Gasteiger partial charge in [-0.1, -0.05) is 0 Å². The molecule has 2 aliphatic rings. The zero-order valence-electron chi connectivity index (χ0n) is 13.0. The minimum atomic E-state index is -0.537. The highest BCUT2D eigenvalue weighted by Crippen LogP contribution is 2.45. The second-order valence-corrected chi connectivity index (χ2v) is 6.65. The Morgan fingerprint density at radius 1 is 1.27 bits per heavy atom. The van der Waals surface area contributed by atoms with Gasteiger partial charge in [0.15, 0.2) is 5.82 Å². The van der Waals surface area contributed by atoms with Crippen LogP contribution >= 0.6 is 0 Å². The van der Waals surface area contributed by atoms with Gasteiger partial charge in [-0.3, -0.25) is 14.7 Å². The average molecular weight is 294 g/mol. The summed E-state index contributed by atoms with van der Waals surface area (Å²) >= 11 is 0. The SMILES string of the molecule is Cc1cc(-c2ncc3c(n2)N(C2CC2)C(=O)C3(C)C)ccn1. The fourth-order valence-electron chi connectivity index (χ4n) is 3.01. The molecule has 1 saturated carbocycles. The summed E-state index contributed by atoms with van der Waals surface area (Å²) in [5.74, 6) is 1.58. The monoisotopic (exact) mass is 294 g/mol. The molecule has 0 radical (unpaired) electrons. The number of nitrogens with zero attached hydrogens (tertiary/aromatic N) is 4. The maximum atomic E-state index is 12.7. The lowest BCUT2D eigenvalue weighted by atomic mass is 9.88. The van der Waals surface area contributed by atoms with Crippen LogP contribution in [-0.4, -0.2) is 26.9 Å². The number of hydrogen-bond acceptors (Lipinski definition) is 4. The zero-order valence-corrected chi connectivity index (χ0v) is 13.0. The van der Waals surface area contributed by atoms with E-state index in [9.17, 15) is 4.79 Å². The molecule has 0 atom stereocenters. The number of pyridine rings is 1. The molecule has 2 aromatic heterocycles. The maximum absolute atomic E-state index is 12.7. The molecule has 1 aliphatic carbocycles. The van der Waals surface area contributed by atoms with Crippen LogP contribution in [0.15, 0.2) is 24.5 Å². The third-order valence-electron chi connectivity index (χ3n) is 4.49. The maximum Gasteiger partial charge on any atom is 0.238 e. The number of hydrogen-bond donors (Lipinski definition) is 0. The molecule has 22 heavy (non-hydrogen) atoms. The van der Waals surface area contributed by atoms with Gasteiger partial charge in [0.1, 0.15) is 5.82 Å². The fourth-order valence-corrected chi connectivity index (χ4v) is 3.01. The Morgan fingerprint density at radius 2 is 2.05 bits per heavy atom. The highest BCUT2D eigenvalue weighted by Gasteiger charge is 2.50. The van der Waals surface area contributed by atoms with E-state index in [4.69, 9.17) is 4.98 Å². The second-order valence-electron chi connectivity index (χ2n) is 6.65. The van der Waals surface area contributed by atoms with Crippen LogP contribution in [0.25, 0.3) is 11.4 Å². The van der Waals surface area contributed by atoms with E-state index in [1.165, 1.54) is 0 Å². The van der Waals surface area contributed by atoms with E-state index >= 15 is 0 Å². The Morgan fingerprint density at radius 3 is 2.73 bits per heavy atom. The van der Waals surface area contributed by atoms with Gasteiger partial charge in [0, 0.05) is 35.3 Å². The standard InChI is InChI=1S/C17H18N4O/c1-10-8-11(6-7-18-10)14-19-9-13-15(20-14)21(12-4-5-12)16(22)17(13,2)3/h6-9,12H,4-5H2,1-3H3. The van der Waals surface area contributed by atoms with E-state index in [0.29, 0.717) is 11.9 Å². The highest BCUT2D eigenvalue weighted by molar-refractivity contribution is 6.07. The summed E-state index contributed by atoms with van der Waals surface area (Å²) in [6.07, 6.45) is 5.70. The molecular formula is C17H18N4O. The van der Waals surface area contributed by atoms with Crippen LogP contribution < -0.4 is 4.90 Å². The number of aromatic nitrogens is 3. The largest absolute Gasteiger partial charge is 0.293 e. The normalized spacial score (nSPS) is 19.4. The quantitative estimate of drug-likeness (QED) is 0.854. The summed E-state index contributed by atoms with van der Waals surface area (Å²) in [5, 5.41) is 0. The molecule has 0 aromatic carbocycles. The summed E-state index contributed by atoms with van der Waals surface area (Å²) < 4.78 is 0. The van der Waals surface area contributed by atoms with E-state index in [1.54, 1.807) is 6.20 Å². The Balaban J connectivity index is 1.86. The predicted molar refractivity (Wildman–Crippen MR) is 83.5 cm³/mol. The van der Waals surface area contributed by atoms with E-state index < -0.39 is 5.41 Å². The van der Waals surface area contributed by atoms with Crippen molar-refractivity contribution < 1.29 is 4.79 Å². The van der Waals surface area contributed by atoms with Gasteiger partial charge in [0.25, 0.3) is 0 Å². The molecule has 0 spiro atoms. The minimum Gasteiger partial charge on any atom is -0.293 e. The van der Waals surface area contributed by atoms with Gasteiger partial charge in [-0.2, -0.15) is 0 Å². The lowest BCUT2D eigenvalue weighted by molar-refractivity contribution is -0.122. The number of rotatable bonds is 2. The lowest BCUT2D eigenvalue weighted by Crippen LogP contribution is -2.37. The fraction of sp³-hybridized carbons (Fsp3) is 0.412. The molecule has 4 rings (SSSR count). The van der Waals surface area contributed by atoms with Crippen molar-refractivity contribution in [2.24, 2.45) is 0 Å². The van der Waals surface area contributed by atoms with Gasteiger partial charge in [-0.05, 0) is 45.7 Å². The van der Waals surface area contributed by atoms with Crippen molar-refractivity contribution in [2.45, 2.75) is 45.1 Å². The van der Waals surface area contributed by atoms with Crippen molar-refractivity contribution in [2.75, 3.05) is 4.90 Å². The molecule has 5 heteroatoms. The summed E-state index contributed by atoms with van der Waals surface area (Å²) in [5.41, 5.74) is 2.25. The third-order valence-corrected chi connectivity index (χ3v) is 4.49. The Hall–Kier alpha value is -2.30. The number of carbonyl (C=O) groups is 1. The van der Waals surface area contributed by atoms with E-state index in [0.717, 1.165) is 35.5 Å². The summed E-state index contributed by atoms with van der Waals surface area (Å²) in [4.78, 5) is 28.0. The molecule has 2 aromatic rings. The molecule has 1 amide bonds. The van der Waals surface area contributed by atoms with Crippen LogP contribution in [0.1, 0.15) is 37.9 Å². The molecule has 0 bridgehead atoms. The van der Waals surface area contributed by atoms with Crippen molar-refractivity contribution in [1.29, 1.82) is 0 Å². The number of fused-ring (bicyclic) bond motifs is 1. The summed E-state index contributed by atoms with van der Waals surface area (Å²) in [6, 6.07) is 4.18. The number of anilines is 1. The smallest absolute Gasteiger partial charge is 0.238 e. The zero-order chi connectivity index (χ0) is 15.5. The summed E-state index contributed by atoms with van der Waals surface area (Å²) in [7, 11) is 0. The molecule has 0 N–H and O–H groups in total. The van der Waals surface area contributed by atoms with E-state index in [2.05, 4.69) is 9.97 Å². The first-order valence-corrected chi connectivity index (χ1v) is 7.62. The molecule has 5 nitrogen and oxygen atoms in total. The lowest BCUT2D eigenvalue weighted by Gasteiger charge is -2.18. The van der Waals surface area contributed by atoms with Gasteiger partial charge in [-0.15, -0.1) is 0 Å². The van der Waals surface area contributed by atoms with Crippen molar-refractivity contribution in [3.05, 3.63) is 35.8 Å². The second kappa shape index (κ2) is 4.35. The van der Waals surface area contributed by atoms with Crippen LogP contribution in [-0.2, 0) is 10.2 Å². The van der Waals surface area contributed by atoms with Crippen molar-refractivity contribution in [3.63, 3.8) is 0 Å². The molecule has 1 aliphatic heterocycles. The number of aryl methyl sites for hydroxylation is 1. The molecular weight excluding hydrogens is 276 g/mol. The van der Waals surface area contributed by atoms with Gasteiger partial charge < -0.3 is 0 Å². The molecule has 1 fully saturated rings. The molecule has 0 unspecified atom stereocenters. The van der Waals surface area contributed by atoms with Gasteiger partial charge in [0.05, 0.1) is 5.41 Å². The van der Waals surface area contributed by atoms with Crippen LogP contribution in [0.5, 0.6) is 0 Å². The van der Waals surface area contributed by atoms with Crippen molar-refractivity contribution in [1.82, 2.24) is 15.0 Å². The molecule has 0 saturated heterocycles. The molecule has 3 heterocycles.